The van der Waals surface area contributed by atoms with Crippen LogP contribution in [-0.4, -0.2) is 53.2 Å². The molecule has 1 fully saturated rings. The monoisotopic (exact) mass is 582 g/mol. The predicted molar refractivity (Wildman–Crippen MR) is 164 cm³/mol. The van der Waals surface area contributed by atoms with Crippen molar-refractivity contribution in [2.24, 2.45) is 13.0 Å². The van der Waals surface area contributed by atoms with Crippen LogP contribution in [0.15, 0.2) is 55.1 Å². The van der Waals surface area contributed by atoms with Crippen molar-refractivity contribution < 1.29 is 14.3 Å². The Kier molecular flexibility index (Phi) is 7.64. The standard InChI is InChI=1S/C32H38N8O3/c1-32(2,3)43-31(42)35-13-11-28(41)37-24(16-23-17-33-19-36-23)21-9-10-26-25(14-21)38-30(39(26)4)27-15-22-6-5-12-34-29(22)40(27)18-20-7-8-20/h5-6,9-10,12,14-15,17,19-20,24H,7-8,11,13,16,18H2,1-4H3,(H,33,36)(H,35,42)(H,37,41). The van der Waals surface area contributed by atoms with Gasteiger partial charge in [-0.25, -0.2) is 19.7 Å². The molecule has 11 heteroatoms. The van der Waals surface area contributed by atoms with E-state index in [9.17, 15) is 9.59 Å². The average Bonchev–Trinajstić information content (AvgIpc) is 3.33. The second-order valence-corrected chi connectivity index (χ2v) is 12.3. The minimum absolute atomic E-state index is 0.119. The number of imidazole rings is 2. The molecule has 1 atom stereocenters. The Balaban J connectivity index is 1.25. The molecule has 0 bridgehead atoms. The van der Waals surface area contributed by atoms with Crippen LogP contribution in [0, 0.1) is 5.92 Å². The van der Waals surface area contributed by atoms with Gasteiger partial charge in [-0.2, -0.15) is 0 Å². The number of benzene rings is 1. The lowest BCUT2D eigenvalue weighted by Gasteiger charge is -2.20. The molecule has 0 aliphatic heterocycles. The molecule has 1 aromatic carbocycles. The molecule has 5 aromatic rings. The number of hydrogen-bond acceptors (Lipinski definition) is 6. The molecular formula is C32H38N8O3. The van der Waals surface area contributed by atoms with Crippen molar-refractivity contribution in [1.82, 2.24) is 39.7 Å². The molecule has 6 rings (SSSR count). The van der Waals surface area contributed by atoms with E-state index in [0.29, 0.717) is 12.3 Å². The zero-order valence-electron chi connectivity index (χ0n) is 25.1. The van der Waals surface area contributed by atoms with E-state index in [2.05, 4.69) is 52.9 Å². The topological polar surface area (TPSA) is 132 Å². The summed E-state index contributed by atoms with van der Waals surface area (Å²) in [5.74, 6) is 1.39. The summed E-state index contributed by atoms with van der Waals surface area (Å²) in [5, 5.41) is 6.90. The summed E-state index contributed by atoms with van der Waals surface area (Å²) in [6.45, 7) is 6.50. The summed E-state index contributed by atoms with van der Waals surface area (Å²) >= 11 is 0. The summed E-state index contributed by atoms with van der Waals surface area (Å²) < 4.78 is 9.70. The normalized spacial score (nSPS) is 14.2. The van der Waals surface area contributed by atoms with Gasteiger partial charge in [0, 0.05) is 56.5 Å². The van der Waals surface area contributed by atoms with Gasteiger partial charge in [-0.1, -0.05) is 6.07 Å². The van der Waals surface area contributed by atoms with Crippen LogP contribution in [0.5, 0.6) is 0 Å². The van der Waals surface area contributed by atoms with Crippen LogP contribution in [0.25, 0.3) is 33.6 Å². The third kappa shape index (κ3) is 6.55. The Bertz CT molecular complexity index is 1760. The lowest BCUT2D eigenvalue weighted by atomic mass is 10.0. The van der Waals surface area contributed by atoms with Crippen molar-refractivity contribution >= 4 is 34.1 Å². The second kappa shape index (κ2) is 11.5. The van der Waals surface area contributed by atoms with Gasteiger partial charge in [-0.15, -0.1) is 0 Å². The van der Waals surface area contributed by atoms with Crippen LogP contribution in [0.3, 0.4) is 0 Å². The lowest BCUT2D eigenvalue weighted by Crippen LogP contribution is -2.36. The van der Waals surface area contributed by atoms with Crippen LogP contribution in [0.4, 0.5) is 4.79 Å². The summed E-state index contributed by atoms with van der Waals surface area (Å²) in [5.41, 5.74) is 5.12. The maximum absolute atomic E-state index is 13.0. The number of hydrogen-bond donors (Lipinski definition) is 3. The highest BCUT2D eigenvalue weighted by Crippen LogP contribution is 2.36. The summed E-state index contributed by atoms with van der Waals surface area (Å²) in [6, 6.07) is 12.1. The Morgan fingerprint density at radius 3 is 2.77 bits per heavy atom. The number of rotatable bonds is 10. The number of nitrogens with zero attached hydrogens (tertiary/aromatic N) is 5. The van der Waals surface area contributed by atoms with Gasteiger partial charge in [0.1, 0.15) is 11.2 Å². The first-order valence-electron chi connectivity index (χ1n) is 14.8. The minimum atomic E-state index is -0.601. The van der Waals surface area contributed by atoms with Gasteiger partial charge >= 0.3 is 6.09 Å². The average molecular weight is 583 g/mol. The Hall–Kier alpha value is -4.67. The van der Waals surface area contributed by atoms with Gasteiger partial charge in [0.15, 0.2) is 5.82 Å². The molecule has 1 saturated carbocycles. The maximum atomic E-state index is 13.0. The van der Waals surface area contributed by atoms with Crippen molar-refractivity contribution in [2.75, 3.05) is 6.54 Å². The number of H-pyrrole nitrogens is 1. The quantitative estimate of drug-likeness (QED) is 0.211. The Labute approximate surface area is 250 Å². The number of pyridine rings is 1. The van der Waals surface area contributed by atoms with Gasteiger partial charge in [-0.3, -0.25) is 4.79 Å². The van der Waals surface area contributed by atoms with Crippen molar-refractivity contribution in [1.29, 1.82) is 0 Å². The number of aryl methyl sites for hydroxylation is 1. The van der Waals surface area contributed by atoms with Crippen LogP contribution >= 0.6 is 0 Å². The number of aromatic amines is 1. The molecule has 0 radical (unpaired) electrons. The highest BCUT2D eigenvalue weighted by molar-refractivity contribution is 5.86. The van der Waals surface area contributed by atoms with Gasteiger partial charge in [0.2, 0.25) is 5.91 Å². The molecule has 2 amide bonds. The van der Waals surface area contributed by atoms with Gasteiger partial charge in [0.25, 0.3) is 0 Å². The molecule has 3 N–H and O–H groups in total. The number of amides is 2. The molecule has 1 aliphatic rings. The molecule has 1 unspecified atom stereocenters. The van der Waals surface area contributed by atoms with E-state index in [1.54, 1.807) is 33.3 Å². The van der Waals surface area contributed by atoms with Crippen molar-refractivity contribution in [3.63, 3.8) is 0 Å². The van der Waals surface area contributed by atoms with Crippen LogP contribution in [0.2, 0.25) is 0 Å². The molecule has 0 spiro atoms. The number of ether oxygens (including phenoxy) is 1. The van der Waals surface area contributed by atoms with Crippen molar-refractivity contribution in [3.05, 3.63) is 66.4 Å². The molecule has 224 valence electrons. The molecular weight excluding hydrogens is 544 g/mol. The SMILES string of the molecule is Cn1c(-c2cc3cccnc3n2CC2CC2)nc2cc(C(Cc3cnc[nH]3)NC(=O)CCNC(=O)OC(C)(C)C)ccc21. The highest BCUT2D eigenvalue weighted by atomic mass is 16.6. The number of fused-ring (bicyclic) bond motifs is 2. The smallest absolute Gasteiger partial charge is 0.407 e. The zero-order chi connectivity index (χ0) is 30.1. The van der Waals surface area contributed by atoms with E-state index >= 15 is 0 Å². The number of carbonyl (C=O) groups excluding carboxylic acids is 2. The third-order valence-corrected chi connectivity index (χ3v) is 7.66. The Morgan fingerprint density at radius 1 is 1.19 bits per heavy atom. The van der Waals surface area contributed by atoms with E-state index in [-0.39, 0.29) is 24.9 Å². The number of carbonyl (C=O) groups is 2. The van der Waals surface area contributed by atoms with Crippen LogP contribution < -0.4 is 10.6 Å². The number of nitrogens with one attached hydrogen (secondary N) is 3. The molecule has 0 saturated heterocycles. The summed E-state index contributed by atoms with van der Waals surface area (Å²) in [7, 11) is 2.04. The van der Waals surface area contributed by atoms with Gasteiger partial charge in [0.05, 0.1) is 29.1 Å². The predicted octanol–water partition coefficient (Wildman–Crippen LogP) is 5.04. The summed E-state index contributed by atoms with van der Waals surface area (Å²) in [6.07, 6.45) is 7.83. The molecule has 43 heavy (non-hydrogen) atoms. The number of alkyl carbamates (subject to hydrolysis) is 1. The fourth-order valence-electron chi connectivity index (χ4n) is 5.41. The summed E-state index contributed by atoms with van der Waals surface area (Å²) in [4.78, 5) is 42.0. The van der Waals surface area contributed by atoms with Crippen molar-refractivity contribution in [3.8, 4) is 11.5 Å². The first-order chi connectivity index (χ1) is 20.6. The van der Waals surface area contributed by atoms with Crippen molar-refractivity contribution in [2.45, 2.75) is 64.6 Å². The fraction of sp³-hybridized carbons (Fsp3) is 0.406. The molecule has 1 aliphatic carbocycles. The van der Waals surface area contributed by atoms with Gasteiger partial charge < -0.3 is 29.5 Å². The second-order valence-electron chi connectivity index (χ2n) is 12.3. The Morgan fingerprint density at radius 2 is 2.02 bits per heavy atom. The molecule has 11 nitrogen and oxygen atoms in total. The van der Waals surface area contributed by atoms with Crippen LogP contribution in [-0.2, 0) is 29.5 Å². The van der Waals surface area contributed by atoms with E-state index in [1.165, 1.54) is 12.8 Å². The van der Waals surface area contributed by atoms with Gasteiger partial charge in [-0.05, 0) is 75.4 Å². The van der Waals surface area contributed by atoms with E-state index in [0.717, 1.165) is 51.4 Å². The highest BCUT2D eigenvalue weighted by Gasteiger charge is 2.26. The molecule has 4 heterocycles. The lowest BCUT2D eigenvalue weighted by molar-refractivity contribution is -0.121. The third-order valence-electron chi connectivity index (χ3n) is 7.66. The van der Waals surface area contributed by atoms with E-state index < -0.39 is 11.7 Å². The zero-order valence-corrected chi connectivity index (χ0v) is 25.1. The molecule has 4 aromatic heterocycles. The fourth-order valence-corrected chi connectivity index (χ4v) is 5.41. The minimum Gasteiger partial charge on any atom is -0.444 e. The largest absolute Gasteiger partial charge is 0.444 e. The van der Waals surface area contributed by atoms with Crippen LogP contribution in [0.1, 0.15) is 57.3 Å². The number of aromatic nitrogens is 6. The van der Waals surface area contributed by atoms with E-state index in [1.807, 2.05) is 31.4 Å². The first-order valence-corrected chi connectivity index (χ1v) is 14.8. The van der Waals surface area contributed by atoms with E-state index in [4.69, 9.17) is 9.72 Å². The first kappa shape index (κ1) is 28.4. The maximum Gasteiger partial charge on any atom is 0.407 e.